The number of amides is 3. The first-order valence-electron chi connectivity index (χ1n) is 8.71. The zero-order chi connectivity index (χ0) is 21.7. The highest BCUT2D eigenvalue weighted by molar-refractivity contribution is 6.08. The summed E-state index contributed by atoms with van der Waals surface area (Å²) < 4.78 is 43.0. The molecule has 0 bridgehead atoms. The van der Waals surface area contributed by atoms with E-state index >= 15 is 0 Å². The Labute approximate surface area is 169 Å². The summed E-state index contributed by atoms with van der Waals surface area (Å²) in [6, 6.07) is 14.1. The molecule has 0 saturated carbocycles. The molecule has 0 saturated heterocycles. The van der Waals surface area contributed by atoms with Crippen molar-refractivity contribution in [2.75, 3.05) is 5.32 Å². The molecule has 6 nitrogen and oxygen atoms in total. The van der Waals surface area contributed by atoms with Crippen molar-refractivity contribution in [3.05, 3.63) is 83.6 Å². The predicted octanol–water partition coefficient (Wildman–Crippen LogP) is 5.16. The Balaban J connectivity index is 1.57. The van der Waals surface area contributed by atoms with Gasteiger partial charge in [-0.05, 0) is 48.9 Å². The summed E-state index contributed by atoms with van der Waals surface area (Å²) in [7, 11) is 0. The Morgan fingerprint density at radius 1 is 0.967 bits per heavy atom. The van der Waals surface area contributed by atoms with Gasteiger partial charge >= 0.3 is 12.2 Å². The summed E-state index contributed by atoms with van der Waals surface area (Å²) in [4.78, 5) is 27.8. The number of ether oxygens (including phenoxy) is 1. The van der Waals surface area contributed by atoms with E-state index in [0.717, 1.165) is 17.7 Å². The topological polar surface area (TPSA) is 80.3 Å². The molecule has 3 rings (SSSR count). The number of anilines is 1. The number of halogens is 3. The van der Waals surface area contributed by atoms with Gasteiger partial charge < -0.3 is 10.1 Å². The van der Waals surface area contributed by atoms with Gasteiger partial charge in [0.15, 0.2) is 0 Å². The highest BCUT2D eigenvalue weighted by Crippen LogP contribution is 2.30. The molecular formula is C21H16F3N3O3. The minimum absolute atomic E-state index is 0.00900. The molecule has 1 heterocycles. The minimum atomic E-state index is -4.47. The number of nitrogens with zero attached hydrogens (tertiary/aromatic N) is 1. The lowest BCUT2D eigenvalue weighted by Crippen LogP contribution is -2.34. The number of imide groups is 1. The quantitative estimate of drug-likeness (QED) is 0.617. The van der Waals surface area contributed by atoms with Gasteiger partial charge in [-0.15, -0.1) is 0 Å². The Morgan fingerprint density at radius 3 is 2.27 bits per heavy atom. The lowest BCUT2D eigenvalue weighted by Gasteiger charge is -2.10. The average Bonchev–Trinajstić information content (AvgIpc) is 2.69. The minimum Gasteiger partial charge on any atom is -0.439 e. The molecule has 0 fully saturated rings. The molecule has 2 N–H and O–H groups in total. The maximum Gasteiger partial charge on any atom is 0.417 e. The van der Waals surface area contributed by atoms with Crippen molar-refractivity contribution in [2.24, 2.45) is 0 Å². The van der Waals surface area contributed by atoms with Crippen LogP contribution in [0.15, 0.2) is 66.9 Å². The molecule has 9 heteroatoms. The van der Waals surface area contributed by atoms with Crippen molar-refractivity contribution in [3.63, 3.8) is 0 Å². The van der Waals surface area contributed by atoms with Crippen LogP contribution in [-0.4, -0.2) is 16.9 Å². The van der Waals surface area contributed by atoms with Crippen LogP contribution in [0, 0.1) is 6.92 Å². The lowest BCUT2D eigenvalue weighted by atomic mass is 10.1. The van der Waals surface area contributed by atoms with E-state index in [1.807, 2.05) is 0 Å². The molecule has 0 atom stereocenters. The Kier molecular flexibility index (Phi) is 6.01. The van der Waals surface area contributed by atoms with Crippen LogP contribution in [-0.2, 0) is 6.18 Å². The van der Waals surface area contributed by atoms with E-state index in [1.165, 1.54) is 24.3 Å². The van der Waals surface area contributed by atoms with E-state index in [9.17, 15) is 22.8 Å². The Hall–Kier alpha value is -3.88. The van der Waals surface area contributed by atoms with Gasteiger partial charge in [0.25, 0.3) is 5.91 Å². The van der Waals surface area contributed by atoms with Crippen LogP contribution in [0.1, 0.15) is 21.5 Å². The van der Waals surface area contributed by atoms with E-state index < -0.39 is 23.7 Å². The molecule has 0 unspecified atom stereocenters. The number of nitrogens with one attached hydrogen (secondary N) is 2. The van der Waals surface area contributed by atoms with E-state index in [1.54, 1.807) is 31.2 Å². The molecule has 3 amide bonds. The fourth-order valence-electron chi connectivity index (χ4n) is 2.50. The highest BCUT2D eigenvalue weighted by Gasteiger charge is 2.30. The number of alkyl halides is 3. The van der Waals surface area contributed by atoms with Gasteiger partial charge in [-0.3, -0.25) is 10.1 Å². The molecular weight excluding hydrogens is 399 g/mol. The van der Waals surface area contributed by atoms with Gasteiger partial charge in [0, 0.05) is 23.5 Å². The molecule has 2 aromatic carbocycles. The van der Waals surface area contributed by atoms with Gasteiger partial charge in [-0.25, -0.2) is 9.78 Å². The smallest absolute Gasteiger partial charge is 0.417 e. The highest BCUT2D eigenvalue weighted by atomic mass is 19.4. The molecule has 3 aromatic rings. The van der Waals surface area contributed by atoms with E-state index in [2.05, 4.69) is 15.6 Å². The van der Waals surface area contributed by atoms with Crippen molar-refractivity contribution < 1.29 is 27.5 Å². The number of aromatic nitrogens is 1. The molecule has 0 spiro atoms. The fraction of sp³-hybridized carbons (Fsp3) is 0.0952. The van der Waals surface area contributed by atoms with Crippen LogP contribution in [0.2, 0.25) is 0 Å². The zero-order valence-corrected chi connectivity index (χ0v) is 15.7. The SMILES string of the molecule is Cc1ccccc1C(=O)NC(=O)Nc1ccc(Oc2ccc(C(F)(F)F)cn2)cc1. The maximum absolute atomic E-state index is 12.5. The first-order chi connectivity index (χ1) is 14.2. The third-order valence-corrected chi connectivity index (χ3v) is 4.02. The monoisotopic (exact) mass is 415 g/mol. The van der Waals surface area contributed by atoms with Crippen LogP contribution >= 0.6 is 0 Å². The second kappa shape index (κ2) is 8.64. The number of rotatable bonds is 4. The standard InChI is InChI=1S/C21H16F3N3O3/c1-13-4-2-3-5-17(13)19(28)27-20(29)26-15-7-9-16(10-8-15)30-18-11-6-14(12-25-18)21(22,23)24/h2-12H,1H3,(H2,26,27,28,29). The largest absolute Gasteiger partial charge is 0.439 e. The molecule has 0 radical (unpaired) electrons. The van der Waals surface area contributed by atoms with Crippen LogP contribution in [0.5, 0.6) is 11.6 Å². The molecule has 30 heavy (non-hydrogen) atoms. The average molecular weight is 415 g/mol. The molecule has 154 valence electrons. The number of hydrogen-bond donors (Lipinski definition) is 2. The van der Waals surface area contributed by atoms with Crippen LogP contribution in [0.3, 0.4) is 0 Å². The normalized spacial score (nSPS) is 10.9. The van der Waals surface area contributed by atoms with E-state index in [4.69, 9.17) is 4.74 Å². The zero-order valence-electron chi connectivity index (χ0n) is 15.7. The number of benzene rings is 2. The van der Waals surface area contributed by atoms with E-state index in [-0.39, 0.29) is 5.88 Å². The second-order valence-electron chi connectivity index (χ2n) is 6.23. The van der Waals surface area contributed by atoms with Crippen LogP contribution < -0.4 is 15.4 Å². The third-order valence-electron chi connectivity index (χ3n) is 4.02. The van der Waals surface area contributed by atoms with Crippen molar-refractivity contribution in [1.29, 1.82) is 0 Å². The predicted molar refractivity (Wildman–Crippen MR) is 103 cm³/mol. The van der Waals surface area contributed by atoms with Crippen molar-refractivity contribution in [3.8, 4) is 11.6 Å². The van der Waals surface area contributed by atoms with Gasteiger partial charge in [-0.1, -0.05) is 18.2 Å². The van der Waals surface area contributed by atoms with Crippen LogP contribution in [0.4, 0.5) is 23.7 Å². The van der Waals surface area contributed by atoms with E-state index in [0.29, 0.717) is 23.2 Å². The van der Waals surface area contributed by atoms with Gasteiger partial charge in [0.2, 0.25) is 5.88 Å². The van der Waals surface area contributed by atoms with Gasteiger partial charge in [0.05, 0.1) is 5.56 Å². The van der Waals surface area contributed by atoms with Gasteiger partial charge in [0.1, 0.15) is 5.75 Å². The summed E-state index contributed by atoms with van der Waals surface area (Å²) in [6.45, 7) is 1.76. The second-order valence-corrected chi connectivity index (χ2v) is 6.23. The van der Waals surface area contributed by atoms with Crippen molar-refractivity contribution in [1.82, 2.24) is 10.3 Å². The molecule has 0 aliphatic rings. The number of urea groups is 1. The van der Waals surface area contributed by atoms with Crippen molar-refractivity contribution in [2.45, 2.75) is 13.1 Å². The first kappa shape index (κ1) is 20.8. The molecule has 0 aliphatic heterocycles. The number of hydrogen-bond acceptors (Lipinski definition) is 4. The first-order valence-corrected chi connectivity index (χ1v) is 8.71. The number of aryl methyl sites for hydroxylation is 1. The maximum atomic E-state index is 12.5. The summed E-state index contributed by atoms with van der Waals surface area (Å²) in [5, 5.41) is 4.75. The lowest BCUT2D eigenvalue weighted by molar-refractivity contribution is -0.137. The van der Waals surface area contributed by atoms with Gasteiger partial charge in [-0.2, -0.15) is 13.2 Å². The Bertz CT molecular complexity index is 1050. The third kappa shape index (κ3) is 5.34. The number of carbonyl (C=O) groups excluding carboxylic acids is 2. The van der Waals surface area contributed by atoms with Crippen molar-refractivity contribution >= 4 is 17.6 Å². The molecule has 0 aliphatic carbocycles. The van der Waals surface area contributed by atoms with Crippen LogP contribution in [0.25, 0.3) is 0 Å². The summed E-state index contributed by atoms with van der Waals surface area (Å²) >= 11 is 0. The molecule has 1 aromatic heterocycles. The number of carbonyl (C=O) groups is 2. The summed E-state index contributed by atoms with van der Waals surface area (Å²) in [5.74, 6) is -0.228. The Morgan fingerprint density at radius 2 is 1.67 bits per heavy atom. The summed E-state index contributed by atoms with van der Waals surface area (Å²) in [6.07, 6.45) is -3.79. The number of pyridine rings is 1. The fourth-order valence-corrected chi connectivity index (χ4v) is 2.50. The summed E-state index contributed by atoms with van der Waals surface area (Å²) in [5.41, 5.74) is 0.639.